The van der Waals surface area contributed by atoms with Gasteiger partial charge in [0, 0.05) is 11.1 Å². The third-order valence-electron chi connectivity index (χ3n) is 2.26. The van der Waals surface area contributed by atoms with Gasteiger partial charge >= 0.3 is 0 Å². The Morgan fingerprint density at radius 1 is 1.07 bits per heavy atom. The summed E-state index contributed by atoms with van der Waals surface area (Å²) in [7, 11) is 0. The largest absolute Gasteiger partial charge is 0.396 e. The lowest BCUT2D eigenvalue weighted by molar-refractivity contribution is 0.282. The lowest BCUT2D eigenvalue weighted by Gasteiger charge is -2.01. The van der Waals surface area contributed by atoms with Crippen LogP contribution in [0.1, 0.15) is 31.2 Å². The molecule has 0 amide bonds. The van der Waals surface area contributed by atoms with Gasteiger partial charge in [-0.25, -0.2) is 0 Å². The molecule has 2 heteroatoms. The van der Waals surface area contributed by atoms with Crippen LogP contribution in [0, 0.1) is 0 Å². The third kappa shape index (κ3) is 4.77. The van der Waals surface area contributed by atoms with Crippen LogP contribution in [-0.2, 0) is 6.42 Å². The lowest BCUT2D eigenvalue weighted by Crippen LogP contribution is -1.87. The van der Waals surface area contributed by atoms with E-state index in [1.165, 1.54) is 18.4 Å². The fourth-order valence-corrected chi connectivity index (χ4v) is 1.93. The number of aryl methyl sites for hydroxylation is 1. The average Bonchev–Trinajstić information content (AvgIpc) is 2.18. The van der Waals surface area contributed by atoms with E-state index in [1.807, 2.05) is 0 Å². The molecule has 0 aromatic heterocycles. The van der Waals surface area contributed by atoms with E-state index in [2.05, 4.69) is 40.2 Å². The van der Waals surface area contributed by atoms with Crippen molar-refractivity contribution in [3.63, 3.8) is 0 Å². The molecule has 0 fully saturated rings. The number of rotatable bonds is 6. The molecule has 0 saturated carbocycles. The third-order valence-corrected chi connectivity index (χ3v) is 2.76. The van der Waals surface area contributed by atoms with Gasteiger partial charge < -0.3 is 5.11 Å². The van der Waals surface area contributed by atoms with Crippen molar-refractivity contribution >= 4 is 15.9 Å². The molecule has 1 rings (SSSR count). The SMILES string of the molecule is OCCCCCCc1cccc(Br)c1. The number of aliphatic hydroxyl groups excluding tert-OH is 1. The first-order valence-electron chi connectivity index (χ1n) is 5.18. The Morgan fingerprint density at radius 3 is 2.57 bits per heavy atom. The molecule has 78 valence electrons. The van der Waals surface area contributed by atoms with Crippen molar-refractivity contribution in [3.05, 3.63) is 34.3 Å². The zero-order chi connectivity index (χ0) is 10.2. The average molecular weight is 257 g/mol. The molecule has 1 aromatic rings. The maximum absolute atomic E-state index is 8.61. The van der Waals surface area contributed by atoms with Crippen molar-refractivity contribution in [1.82, 2.24) is 0 Å². The Bertz CT molecular complexity index is 260. The highest BCUT2D eigenvalue weighted by molar-refractivity contribution is 9.10. The zero-order valence-electron chi connectivity index (χ0n) is 8.38. The first-order valence-corrected chi connectivity index (χ1v) is 5.97. The van der Waals surface area contributed by atoms with Gasteiger partial charge in [-0.1, -0.05) is 40.9 Å². The van der Waals surface area contributed by atoms with E-state index in [-0.39, 0.29) is 0 Å². The summed E-state index contributed by atoms with van der Waals surface area (Å²) in [6, 6.07) is 8.46. The first kappa shape index (κ1) is 11.7. The van der Waals surface area contributed by atoms with Gasteiger partial charge in [0.1, 0.15) is 0 Å². The van der Waals surface area contributed by atoms with E-state index in [9.17, 15) is 0 Å². The fourth-order valence-electron chi connectivity index (χ4n) is 1.49. The molecule has 0 heterocycles. The number of unbranched alkanes of at least 4 members (excludes halogenated alkanes) is 3. The number of hydrogen-bond donors (Lipinski definition) is 1. The molecular formula is C12H17BrO. The lowest BCUT2D eigenvalue weighted by atomic mass is 10.1. The van der Waals surface area contributed by atoms with E-state index in [0.717, 1.165) is 23.7 Å². The second-order valence-electron chi connectivity index (χ2n) is 3.52. The summed E-state index contributed by atoms with van der Waals surface area (Å²) in [5.74, 6) is 0. The van der Waals surface area contributed by atoms with E-state index in [4.69, 9.17) is 5.11 Å². The maximum Gasteiger partial charge on any atom is 0.0431 e. The van der Waals surface area contributed by atoms with E-state index in [1.54, 1.807) is 0 Å². The summed E-state index contributed by atoms with van der Waals surface area (Å²) in [5.41, 5.74) is 1.39. The van der Waals surface area contributed by atoms with Gasteiger partial charge in [0.25, 0.3) is 0 Å². The Hall–Kier alpha value is -0.340. The van der Waals surface area contributed by atoms with Crippen molar-refractivity contribution in [2.24, 2.45) is 0 Å². The highest BCUT2D eigenvalue weighted by atomic mass is 79.9. The van der Waals surface area contributed by atoms with Gasteiger partial charge in [0.05, 0.1) is 0 Å². The molecule has 0 atom stereocenters. The molecule has 0 radical (unpaired) electrons. The molecule has 14 heavy (non-hydrogen) atoms. The number of benzene rings is 1. The minimum atomic E-state index is 0.330. The van der Waals surface area contributed by atoms with Crippen LogP contribution in [0.4, 0.5) is 0 Å². The summed E-state index contributed by atoms with van der Waals surface area (Å²) < 4.78 is 1.16. The van der Waals surface area contributed by atoms with E-state index >= 15 is 0 Å². The molecule has 0 aliphatic rings. The molecule has 0 aliphatic carbocycles. The quantitative estimate of drug-likeness (QED) is 0.773. The summed E-state index contributed by atoms with van der Waals surface area (Å²) >= 11 is 3.46. The molecule has 1 nitrogen and oxygen atoms in total. The zero-order valence-corrected chi connectivity index (χ0v) is 9.96. The van der Waals surface area contributed by atoms with Crippen molar-refractivity contribution in [2.75, 3.05) is 6.61 Å². The second kappa shape index (κ2) is 7.02. The van der Waals surface area contributed by atoms with Crippen molar-refractivity contribution < 1.29 is 5.11 Å². The fraction of sp³-hybridized carbons (Fsp3) is 0.500. The molecule has 0 saturated heterocycles. The molecule has 0 unspecified atom stereocenters. The van der Waals surface area contributed by atoms with Gasteiger partial charge in [-0.2, -0.15) is 0 Å². The summed E-state index contributed by atoms with van der Waals surface area (Å²) in [6.07, 6.45) is 5.66. The molecule has 0 bridgehead atoms. The minimum absolute atomic E-state index is 0.330. The molecule has 1 aromatic carbocycles. The smallest absolute Gasteiger partial charge is 0.0431 e. The number of halogens is 1. The van der Waals surface area contributed by atoms with Crippen LogP contribution in [0.15, 0.2) is 28.7 Å². The first-order chi connectivity index (χ1) is 6.83. The molecule has 1 N–H and O–H groups in total. The van der Waals surface area contributed by atoms with Crippen LogP contribution in [-0.4, -0.2) is 11.7 Å². The van der Waals surface area contributed by atoms with Crippen LogP contribution in [0.2, 0.25) is 0 Å². The van der Waals surface area contributed by atoms with E-state index < -0.39 is 0 Å². The van der Waals surface area contributed by atoms with Crippen molar-refractivity contribution in [3.8, 4) is 0 Å². The summed E-state index contributed by atoms with van der Waals surface area (Å²) in [4.78, 5) is 0. The number of aliphatic hydroxyl groups is 1. The summed E-state index contributed by atoms with van der Waals surface area (Å²) in [6.45, 7) is 0.330. The Kier molecular flexibility index (Phi) is 5.88. The van der Waals surface area contributed by atoms with Gasteiger partial charge in [0.2, 0.25) is 0 Å². The highest BCUT2D eigenvalue weighted by Crippen LogP contribution is 2.14. The molecule has 0 spiro atoms. The predicted molar refractivity (Wildman–Crippen MR) is 63.4 cm³/mol. The standard InChI is InChI=1S/C12H17BrO/c13-12-8-5-7-11(10-12)6-3-1-2-4-9-14/h5,7-8,10,14H,1-4,6,9H2. The topological polar surface area (TPSA) is 20.2 Å². The van der Waals surface area contributed by atoms with Crippen LogP contribution in [0.3, 0.4) is 0 Å². The minimum Gasteiger partial charge on any atom is -0.396 e. The van der Waals surface area contributed by atoms with Gasteiger partial charge in [-0.3, -0.25) is 0 Å². The highest BCUT2D eigenvalue weighted by Gasteiger charge is 1.94. The number of hydrogen-bond acceptors (Lipinski definition) is 1. The van der Waals surface area contributed by atoms with Crippen molar-refractivity contribution in [1.29, 1.82) is 0 Å². The predicted octanol–water partition coefficient (Wildman–Crippen LogP) is 3.54. The summed E-state index contributed by atoms with van der Waals surface area (Å²) in [5, 5.41) is 8.61. The normalized spacial score (nSPS) is 10.4. The van der Waals surface area contributed by atoms with Gasteiger partial charge in [-0.15, -0.1) is 0 Å². The van der Waals surface area contributed by atoms with Crippen molar-refractivity contribution in [2.45, 2.75) is 32.1 Å². The van der Waals surface area contributed by atoms with E-state index in [0.29, 0.717) is 6.61 Å². The monoisotopic (exact) mass is 256 g/mol. The van der Waals surface area contributed by atoms with Crippen LogP contribution in [0.25, 0.3) is 0 Å². The maximum atomic E-state index is 8.61. The molecular weight excluding hydrogens is 240 g/mol. The second-order valence-corrected chi connectivity index (χ2v) is 4.43. The van der Waals surface area contributed by atoms with Crippen LogP contribution in [0.5, 0.6) is 0 Å². The van der Waals surface area contributed by atoms with Gasteiger partial charge in [0.15, 0.2) is 0 Å². The van der Waals surface area contributed by atoms with Crippen LogP contribution >= 0.6 is 15.9 Å². The Labute approximate surface area is 94.3 Å². The Balaban J connectivity index is 2.18. The van der Waals surface area contributed by atoms with Crippen LogP contribution < -0.4 is 0 Å². The molecule has 0 aliphatic heterocycles. The van der Waals surface area contributed by atoms with Gasteiger partial charge in [-0.05, 0) is 37.0 Å². The Morgan fingerprint density at radius 2 is 1.86 bits per heavy atom.